The number of rotatable bonds is 2. The van der Waals surface area contributed by atoms with Gasteiger partial charge in [-0.25, -0.2) is 4.79 Å². The van der Waals surface area contributed by atoms with Crippen LogP contribution in [0.5, 0.6) is 0 Å². The Balaban J connectivity index is 0.000000295. The lowest BCUT2D eigenvalue weighted by atomic mass is 10.3. The summed E-state index contributed by atoms with van der Waals surface area (Å²) in [6, 6.07) is 6.26. The standard InChI is InChI=1S/C12H19N3.C2HF3O2/c1-11-4-2-5-12(14-11)10-15-8-3-6-13-7-9-15;3-2(4,5)1(6)7/h2,4-5,13H,3,6-10H2,1H3;(H,6,7). The van der Waals surface area contributed by atoms with E-state index in [1.54, 1.807) is 0 Å². The van der Waals surface area contributed by atoms with Gasteiger partial charge in [-0.2, -0.15) is 13.2 Å². The summed E-state index contributed by atoms with van der Waals surface area (Å²) in [5.41, 5.74) is 2.30. The summed E-state index contributed by atoms with van der Waals surface area (Å²) in [5, 5.41) is 10.5. The zero-order valence-electron chi connectivity index (χ0n) is 12.4. The Hall–Kier alpha value is -1.67. The largest absolute Gasteiger partial charge is 0.490 e. The lowest BCUT2D eigenvalue weighted by Crippen LogP contribution is -2.28. The van der Waals surface area contributed by atoms with Gasteiger partial charge < -0.3 is 10.4 Å². The molecule has 2 heterocycles. The van der Waals surface area contributed by atoms with E-state index in [1.165, 1.54) is 18.7 Å². The van der Waals surface area contributed by atoms with Gasteiger partial charge in [0.15, 0.2) is 0 Å². The molecule has 2 rings (SSSR count). The second-order valence-electron chi connectivity index (χ2n) is 4.95. The number of hydrogen-bond donors (Lipinski definition) is 2. The fourth-order valence-corrected chi connectivity index (χ4v) is 1.98. The van der Waals surface area contributed by atoms with Crippen LogP contribution in [-0.2, 0) is 11.3 Å². The first-order valence-corrected chi connectivity index (χ1v) is 6.95. The van der Waals surface area contributed by atoms with Crippen molar-refractivity contribution < 1.29 is 23.1 Å². The summed E-state index contributed by atoms with van der Waals surface area (Å²) in [7, 11) is 0. The molecule has 22 heavy (non-hydrogen) atoms. The van der Waals surface area contributed by atoms with E-state index in [2.05, 4.69) is 27.3 Å². The maximum Gasteiger partial charge on any atom is 0.490 e. The minimum absolute atomic E-state index is 0.989. The summed E-state index contributed by atoms with van der Waals surface area (Å²) >= 11 is 0. The normalized spacial score (nSPS) is 16.4. The monoisotopic (exact) mass is 319 g/mol. The minimum Gasteiger partial charge on any atom is -0.475 e. The summed E-state index contributed by atoms with van der Waals surface area (Å²) < 4.78 is 31.7. The molecule has 0 aliphatic carbocycles. The molecule has 0 radical (unpaired) electrons. The van der Waals surface area contributed by atoms with Crippen molar-refractivity contribution in [1.29, 1.82) is 0 Å². The Morgan fingerprint density at radius 1 is 1.36 bits per heavy atom. The van der Waals surface area contributed by atoms with E-state index in [-0.39, 0.29) is 0 Å². The molecule has 1 aromatic rings. The molecule has 1 aromatic heterocycles. The average Bonchev–Trinajstić information content (AvgIpc) is 2.67. The minimum atomic E-state index is -5.08. The molecule has 0 saturated carbocycles. The van der Waals surface area contributed by atoms with E-state index >= 15 is 0 Å². The molecule has 0 aromatic carbocycles. The van der Waals surface area contributed by atoms with Gasteiger partial charge in [-0.3, -0.25) is 9.88 Å². The highest BCUT2D eigenvalue weighted by Gasteiger charge is 2.38. The number of carboxylic acids is 1. The van der Waals surface area contributed by atoms with Gasteiger partial charge in [-0.1, -0.05) is 6.07 Å². The number of nitrogens with zero attached hydrogens (tertiary/aromatic N) is 2. The number of nitrogens with one attached hydrogen (secondary N) is 1. The lowest BCUT2D eigenvalue weighted by molar-refractivity contribution is -0.192. The van der Waals surface area contributed by atoms with Crippen LogP contribution in [0.1, 0.15) is 17.8 Å². The van der Waals surface area contributed by atoms with Crippen molar-refractivity contribution in [1.82, 2.24) is 15.2 Å². The molecule has 124 valence electrons. The van der Waals surface area contributed by atoms with E-state index in [0.29, 0.717) is 0 Å². The van der Waals surface area contributed by atoms with Crippen molar-refractivity contribution in [2.45, 2.75) is 26.1 Å². The maximum atomic E-state index is 10.6. The maximum absolute atomic E-state index is 10.6. The topological polar surface area (TPSA) is 65.5 Å². The fourth-order valence-electron chi connectivity index (χ4n) is 1.98. The molecule has 0 unspecified atom stereocenters. The molecule has 1 aliphatic heterocycles. The van der Waals surface area contributed by atoms with Crippen molar-refractivity contribution in [3.63, 3.8) is 0 Å². The van der Waals surface area contributed by atoms with Gasteiger partial charge in [0.25, 0.3) is 0 Å². The number of carboxylic acid groups (broad SMARTS) is 1. The molecule has 0 atom stereocenters. The van der Waals surface area contributed by atoms with Crippen LogP contribution in [0.3, 0.4) is 0 Å². The van der Waals surface area contributed by atoms with Crippen LogP contribution >= 0.6 is 0 Å². The molecule has 0 bridgehead atoms. The Bertz CT molecular complexity index is 473. The SMILES string of the molecule is Cc1cccc(CN2CCCNCC2)n1.O=C(O)C(F)(F)F. The number of aliphatic carboxylic acids is 1. The average molecular weight is 319 g/mol. The van der Waals surface area contributed by atoms with Gasteiger partial charge >= 0.3 is 12.1 Å². The second kappa shape index (κ2) is 8.70. The third-order valence-electron chi connectivity index (χ3n) is 3.01. The number of pyridine rings is 1. The van der Waals surface area contributed by atoms with Gasteiger partial charge in [-0.15, -0.1) is 0 Å². The van der Waals surface area contributed by atoms with Crippen LogP contribution in [-0.4, -0.2) is 53.3 Å². The Labute approximate surface area is 127 Å². The van der Waals surface area contributed by atoms with E-state index in [4.69, 9.17) is 9.90 Å². The molecule has 2 N–H and O–H groups in total. The van der Waals surface area contributed by atoms with Gasteiger partial charge in [-0.05, 0) is 38.6 Å². The Morgan fingerprint density at radius 2 is 2.05 bits per heavy atom. The van der Waals surface area contributed by atoms with Crippen molar-refractivity contribution in [2.75, 3.05) is 26.2 Å². The summed E-state index contributed by atoms with van der Waals surface area (Å²) in [4.78, 5) is 15.9. The van der Waals surface area contributed by atoms with Crippen LogP contribution in [0, 0.1) is 6.92 Å². The molecular formula is C14H20F3N3O2. The van der Waals surface area contributed by atoms with Crippen LogP contribution in [0.4, 0.5) is 13.2 Å². The van der Waals surface area contributed by atoms with Crippen molar-refractivity contribution in [3.05, 3.63) is 29.6 Å². The molecular weight excluding hydrogens is 299 g/mol. The fraction of sp³-hybridized carbons (Fsp3) is 0.571. The quantitative estimate of drug-likeness (QED) is 0.870. The summed E-state index contributed by atoms with van der Waals surface area (Å²) in [5.74, 6) is -2.76. The van der Waals surface area contributed by atoms with Crippen LogP contribution in [0.2, 0.25) is 0 Å². The smallest absolute Gasteiger partial charge is 0.475 e. The zero-order valence-corrected chi connectivity index (χ0v) is 12.4. The van der Waals surface area contributed by atoms with E-state index in [0.717, 1.165) is 31.9 Å². The first-order valence-electron chi connectivity index (χ1n) is 6.95. The van der Waals surface area contributed by atoms with Gasteiger partial charge in [0.05, 0.1) is 5.69 Å². The predicted molar refractivity (Wildman–Crippen MR) is 75.4 cm³/mol. The summed E-state index contributed by atoms with van der Waals surface area (Å²) in [6.45, 7) is 7.61. The van der Waals surface area contributed by atoms with E-state index in [9.17, 15) is 13.2 Å². The zero-order chi connectivity index (χ0) is 16.6. The highest BCUT2D eigenvalue weighted by molar-refractivity contribution is 5.73. The Kier molecular flexibility index (Phi) is 7.26. The number of alkyl halides is 3. The first-order chi connectivity index (χ1) is 10.3. The number of aryl methyl sites for hydroxylation is 1. The predicted octanol–water partition coefficient (Wildman–Crippen LogP) is 1.82. The molecule has 0 amide bonds. The van der Waals surface area contributed by atoms with Crippen LogP contribution in [0.25, 0.3) is 0 Å². The van der Waals surface area contributed by atoms with Gasteiger partial charge in [0, 0.05) is 25.3 Å². The first kappa shape index (κ1) is 18.4. The number of aromatic nitrogens is 1. The number of halogens is 3. The van der Waals surface area contributed by atoms with Gasteiger partial charge in [0.1, 0.15) is 0 Å². The number of hydrogen-bond acceptors (Lipinski definition) is 4. The van der Waals surface area contributed by atoms with Crippen LogP contribution < -0.4 is 5.32 Å². The number of carbonyl (C=O) groups is 1. The highest BCUT2D eigenvalue weighted by atomic mass is 19.4. The second-order valence-corrected chi connectivity index (χ2v) is 4.95. The van der Waals surface area contributed by atoms with Crippen molar-refractivity contribution in [3.8, 4) is 0 Å². The highest BCUT2D eigenvalue weighted by Crippen LogP contribution is 2.13. The molecule has 1 saturated heterocycles. The van der Waals surface area contributed by atoms with Crippen molar-refractivity contribution in [2.24, 2.45) is 0 Å². The lowest BCUT2D eigenvalue weighted by Gasteiger charge is -2.18. The van der Waals surface area contributed by atoms with Crippen LogP contribution in [0.15, 0.2) is 18.2 Å². The van der Waals surface area contributed by atoms with E-state index < -0.39 is 12.1 Å². The molecule has 1 fully saturated rings. The molecule has 0 spiro atoms. The summed E-state index contributed by atoms with van der Waals surface area (Å²) in [6.07, 6.45) is -3.84. The molecule has 8 heteroatoms. The third kappa shape index (κ3) is 7.37. The van der Waals surface area contributed by atoms with Gasteiger partial charge in [0.2, 0.25) is 0 Å². The van der Waals surface area contributed by atoms with E-state index in [1.807, 2.05) is 13.0 Å². The molecule has 1 aliphatic rings. The molecule has 5 nitrogen and oxygen atoms in total. The Morgan fingerprint density at radius 3 is 2.64 bits per heavy atom. The van der Waals surface area contributed by atoms with Crippen molar-refractivity contribution >= 4 is 5.97 Å². The third-order valence-corrected chi connectivity index (χ3v) is 3.01.